The van der Waals surface area contributed by atoms with Gasteiger partial charge >= 0.3 is 0 Å². The van der Waals surface area contributed by atoms with Crippen molar-refractivity contribution in [2.45, 2.75) is 31.9 Å². The fraction of sp³-hybridized carbons (Fsp3) is 0.500. The first-order chi connectivity index (χ1) is 6.87. The molecule has 0 aliphatic carbocycles. The van der Waals surface area contributed by atoms with Gasteiger partial charge in [-0.05, 0) is 23.7 Å². The van der Waals surface area contributed by atoms with E-state index >= 15 is 0 Å². The zero-order valence-electron chi connectivity index (χ0n) is 8.83. The highest BCUT2D eigenvalue weighted by Crippen LogP contribution is 2.24. The van der Waals surface area contributed by atoms with Crippen molar-refractivity contribution < 1.29 is 4.43 Å². The summed E-state index contributed by atoms with van der Waals surface area (Å²) >= 11 is 0. The molecule has 1 aromatic carbocycles. The summed E-state index contributed by atoms with van der Waals surface area (Å²) in [6.45, 7) is 3.26. The van der Waals surface area contributed by atoms with Crippen LogP contribution in [0.4, 0.5) is 0 Å². The monoisotopic (exact) mass is 206 g/mol. The lowest BCUT2D eigenvalue weighted by Crippen LogP contribution is -2.52. The third-order valence-electron chi connectivity index (χ3n) is 3.22. The Bertz CT molecular complexity index is 278. The standard InChI is InChI=1S/C12H18OSi/c1-2-14(11-7-6-10-13-14)12-8-4-3-5-9-12/h3-5,8-9H,2,6-7,10-11H2,1H3. The molecule has 76 valence electrons. The molecule has 0 saturated carbocycles. The van der Waals surface area contributed by atoms with Gasteiger partial charge in [0.05, 0.1) is 0 Å². The smallest absolute Gasteiger partial charge is 0.223 e. The Morgan fingerprint density at radius 2 is 2.00 bits per heavy atom. The van der Waals surface area contributed by atoms with Gasteiger partial charge in [0.1, 0.15) is 0 Å². The van der Waals surface area contributed by atoms with Crippen molar-refractivity contribution in [2.75, 3.05) is 6.61 Å². The molecule has 0 N–H and O–H groups in total. The first kappa shape index (κ1) is 9.93. The summed E-state index contributed by atoms with van der Waals surface area (Å²) in [5, 5.41) is 1.49. The van der Waals surface area contributed by atoms with Crippen LogP contribution in [-0.4, -0.2) is 14.9 Å². The van der Waals surface area contributed by atoms with Crippen molar-refractivity contribution >= 4 is 13.5 Å². The third-order valence-corrected chi connectivity index (χ3v) is 7.67. The topological polar surface area (TPSA) is 9.23 Å². The Morgan fingerprint density at radius 1 is 1.21 bits per heavy atom. The van der Waals surface area contributed by atoms with Gasteiger partial charge in [-0.15, -0.1) is 0 Å². The van der Waals surface area contributed by atoms with Crippen molar-refractivity contribution in [2.24, 2.45) is 0 Å². The molecule has 1 unspecified atom stereocenters. The second-order valence-electron chi connectivity index (χ2n) is 4.02. The van der Waals surface area contributed by atoms with Crippen LogP contribution >= 0.6 is 0 Å². The van der Waals surface area contributed by atoms with E-state index in [-0.39, 0.29) is 0 Å². The number of benzene rings is 1. The molecule has 1 aromatic rings. The lowest BCUT2D eigenvalue weighted by molar-refractivity contribution is 0.275. The Kier molecular flexibility index (Phi) is 3.04. The van der Waals surface area contributed by atoms with Crippen LogP contribution in [0.25, 0.3) is 0 Å². The van der Waals surface area contributed by atoms with Crippen LogP contribution in [0, 0.1) is 0 Å². The van der Waals surface area contributed by atoms with Crippen LogP contribution in [0.2, 0.25) is 12.1 Å². The summed E-state index contributed by atoms with van der Waals surface area (Å²) in [6, 6.07) is 13.4. The van der Waals surface area contributed by atoms with Gasteiger partial charge < -0.3 is 4.43 Å². The van der Waals surface area contributed by atoms with Crippen LogP contribution in [0.3, 0.4) is 0 Å². The predicted molar refractivity (Wildman–Crippen MR) is 62.3 cm³/mol. The van der Waals surface area contributed by atoms with Crippen LogP contribution in [0.1, 0.15) is 19.8 Å². The van der Waals surface area contributed by atoms with Crippen molar-refractivity contribution in [3.8, 4) is 0 Å². The molecule has 1 nitrogen and oxygen atoms in total. The van der Waals surface area contributed by atoms with Gasteiger partial charge in [-0.1, -0.05) is 43.7 Å². The highest BCUT2D eigenvalue weighted by atomic mass is 28.4. The van der Waals surface area contributed by atoms with Gasteiger partial charge in [-0.3, -0.25) is 0 Å². The van der Waals surface area contributed by atoms with E-state index in [1.165, 1.54) is 30.1 Å². The second-order valence-corrected chi connectivity index (χ2v) is 8.08. The minimum absolute atomic E-state index is 0.981. The Labute approximate surface area is 87.2 Å². The summed E-state index contributed by atoms with van der Waals surface area (Å²) in [5.41, 5.74) is 0. The molecule has 0 bridgehead atoms. The zero-order chi connectivity index (χ0) is 9.86. The molecule has 1 saturated heterocycles. The maximum atomic E-state index is 6.14. The highest BCUT2D eigenvalue weighted by molar-refractivity contribution is 6.86. The molecule has 2 rings (SSSR count). The molecular weight excluding hydrogens is 188 g/mol. The minimum Gasteiger partial charge on any atom is -0.412 e. The van der Waals surface area contributed by atoms with E-state index in [1.54, 1.807) is 0 Å². The first-order valence-electron chi connectivity index (χ1n) is 5.57. The lowest BCUT2D eigenvalue weighted by atomic mass is 10.3. The largest absolute Gasteiger partial charge is 0.412 e. The molecular formula is C12H18OSi. The van der Waals surface area contributed by atoms with Gasteiger partial charge in [-0.25, -0.2) is 0 Å². The minimum atomic E-state index is -1.53. The Hall–Kier alpha value is -0.603. The van der Waals surface area contributed by atoms with Crippen molar-refractivity contribution in [1.29, 1.82) is 0 Å². The van der Waals surface area contributed by atoms with E-state index in [4.69, 9.17) is 4.43 Å². The molecule has 1 fully saturated rings. The molecule has 1 atom stereocenters. The van der Waals surface area contributed by atoms with Crippen molar-refractivity contribution in [3.63, 3.8) is 0 Å². The maximum absolute atomic E-state index is 6.14. The Balaban J connectivity index is 2.27. The van der Waals surface area contributed by atoms with Gasteiger partial charge in [-0.2, -0.15) is 0 Å². The van der Waals surface area contributed by atoms with E-state index < -0.39 is 8.32 Å². The molecule has 2 heteroatoms. The van der Waals surface area contributed by atoms with Crippen LogP contribution in [0.5, 0.6) is 0 Å². The second kappa shape index (κ2) is 4.28. The van der Waals surface area contributed by atoms with Crippen LogP contribution in [0.15, 0.2) is 30.3 Å². The van der Waals surface area contributed by atoms with Crippen LogP contribution < -0.4 is 5.19 Å². The average molecular weight is 206 g/mol. The molecule has 1 aliphatic heterocycles. The predicted octanol–water partition coefficient (Wildman–Crippen LogP) is 2.67. The molecule has 0 radical (unpaired) electrons. The maximum Gasteiger partial charge on any atom is 0.223 e. The van der Waals surface area contributed by atoms with Gasteiger partial charge in [0.15, 0.2) is 0 Å². The molecule has 14 heavy (non-hydrogen) atoms. The Morgan fingerprint density at radius 3 is 2.57 bits per heavy atom. The van der Waals surface area contributed by atoms with Crippen molar-refractivity contribution in [1.82, 2.24) is 0 Å². The summed E-state index contributed by atoms with van der Waals surface area (Å²) in [4.78, 5) is 0. The van der Waals surface area contributed by atoms with E-state index in [1.807, 2.05) is 0 Å². The molecule has 0 spiro atoms. The summed E-state index contributed by atoms with van der Waals surface area (Å²) < 4.78 is 6.14. The third kappa shape index (κ3) is 1.77. The fourth-order valence-electron chi connectivity index (χ4n) is 2.30. The summed E-state index contributed by atoms with van der Waals surface area (Å²) in [5.74, 6) is 0. The quantitative estimate of drug-likeness (QED) is 0.676. The van der Waals surface area contributed by atoms with Crippen LogP contribution in [-0.2, 0) is 4.43 Å². The lowest BCUT2D eigenvalue weighted by Gasteiger charge is -2.34. The number of hydrogen-bond acceptors (Lipinski definition) is 1. The molecule has 0 amide bonds. The number of rotatable bonds is 2. The van der Waals surface area contributed by atoms with E-state index in [2.05, 4.69) is 37.3 Å². The number of hydrogen-bond donors (Lipinski definition) is 0. The highest BCUT2D eigenvalue weighted by Gasteiger charge is 2.36. The van der Waals surface area contributed by atoms with Crippen molar-refractivity contribution in [3.05, 3.63) is 30.3 Å². The SMILES string of the molecule is CC[Si]1(c2ccccc2)CCCCO1. The summed E-state index contributed by atoms with van der Waals surface area (Å²) in [6.07, 6.45) is 2.61. The molecule has 1 aliphatic rings. The van der Waals surface area contributed by atoms with Gasteiger partial charge in [0.2, 0.25) is 8.32 Å². The van der Waals surface area contributed by atoms with Gasteiger partial charge in [0.25, 0.3) is 0 Å². The zero-order valence-corrected chi connectivity index (χ0v) is 9.83. The molecule has 0 aromatic heterocycles. The van der Waals surface area contributed by atoms with E-state index in [0.29, 0.717) is 0 Å². The van der Waals surface area contributed by atoms with Gasteiger partial charge in [0, 0.05) is 6.61 Å². The first-order valence-corrected chi connectivity index (χ1v) is 7.89. The molecule has 1 heterocycles. The average Bonchev–Trinajstić information content (AvgIpc) is 2.31. The fourth-order valence-corrected chi connectivity index (χ4v) is 6.03. The normalized spacial score (nSPS) is 27.5. The van der Waals surface area contributed by atoms with E-state index in [9.17, 15) is 0 Å². The summed E-state index contributed by atoms with van der Waals surface area (Å²) in [7, 11) is -1.53. The van der Waals surface area contributed by atoms with E-state index in [0.717, 1.165) is 6.61 Å².